The number of benzene rings is 1. The van der Waals surface area contributed by atoms with E-state index in [0.717, 1.165) is 18.4 Å². The molecule has 112 valence electrons. The third-order valence-corrected chi connectivity index (χ3v) is 3.74. The second kappa shape index (κ2) is 6.12. The lowest BCUT2D eigenvalue weighted by Gasteiger charge is -2.22. The molecule has 0 unspecified atom stereocenters. The standard InChI is InChI=1S/C17H14ClNO3/c18-14-10-13(6-7-15(14)20)17(21)19-8-9-22-16(11-19)12-4-2-1-3-5-12/h1-2,4,6-11,20H,3,5H2. The topological polar surface area (TPSA) is 49.8 Å². The molecular formula is C17H14ClNO3. The average Bonchev–Trinajstić information content (AvgIpc) is 2.57. The number of hydrogen-bond donors (Lipinski definition) is 1. The molecule has 0 bridgehead atoms. The van der Waals surface area contributed by atoms with E-state index < -0.39 is 0 Å². The lowest BCUT2D eigenvalue weighted by Crippen LogP contribution is -2.23. The molecule has 0 radical (unpaired) electrons. The summed E-state index contributed by atoms with van der Waals surface area (Å²) in [6.07, 6.45) is 12.6. The molecule has 5 heteroatoms. The number of rotatable bonds is 2. The number of carbonyl (C=O) groups excluding carboxylic acids is 1. The Morgan fingerprint density at radius 2 is 2.23 bits per heavy atom. The summed E-state index contributed by atoms with van der Waals surface area (Å²) in [6, 6.07) is 4.38. The summed E-state index contributed by atoms with van der Waals surface area (Å²) in [5.41, 5.74) is 1.44. The maximum atomic E-state index is 12.5. The van der Waals surface area contributed by atoms with Gasteiger partial charge in [-0.3, -0.25) is 9.69 Å². The summed E-state index contributed by atoms with van der Waals surface area (Å²) in [5.74, 6) is 0.363. The number of halogens is 1. The molecule has 0 fully saturated rings. The van der Waals surface area contributed by atoms with Crippen molar-refractivity contribution in [2.45, 2.75) is 12.8 Å². The van der Waals surface area contributed by atoms with Crippen molar-refractivity contribution >= 4 is 17.5 Å². The minimum absolute atomic E-state index is 0.0499. The van der Waals surface area contributed by atoms with Crippen LogP contribution in [0.2, 0.25) is 5.02 Å². The van der Waals surface area contributed by atoms with Crippen LogP contribution in [0.3, 0.4) is 0 Å². The van der Waals surface area contributed by atoms with Crippen LogP contribution in [0, 0.1) is 0 Å². The lowest BCUT2D eigenvalue weighted by molar-refractivity contribution is 0.0855. The van der Waals surface area contributed by atoms with Crippen LogP contribution in [0.15, 0.2) is 66.4 Å². The maximum Gasteiger partial charge on any atom is 0.262 e. The van der Waals surface area contributed by atoms with Gasteiger partial charge in [-0.1, -0.05) is 29.8 Å². The fourth-order valence-corrected chi connectivity index (χ4v) is 2.43. The molecule has 3 rings (SSSR count). The van der Waals surface area contributed by atoms with Crippen molar-refractivity contribution < 1.29 is 14.6 Å². The van der Waals surface area contributed by atoms with Crippen molar-refractivity contribution in [2.24, 2.45) is 0 Å². The Bertz CT molecular complexity index is 731. The van der Waals surface area contributed by atoms with Gasteiger partial charge in [0.05, 0.1) is 11.2 Å². The molecular weight excluding hydrogens is 302 g/mol. The van der Waals surface area contributed by atoms with Gasteiger partial charge in [0.1, 0.15) is 17.8 Å². The molecule has 1 N–H and O–H groups in total. The molecule has 0 saturated carbocycles. The van der Waals surface area contributed by atoms with Crippen molar-refractivity contribution in [3.63, 3.8) is 0 Å². The molecule has 1 aromatic carbocycles. The van der Waals surface area contributed by atoms with Gasteiger partial charge in [0.25, 0.3) is 5.91 Å². The third kappa shape index (κ3) is 2.92. The van der Waals surface area contributed by atoms with Crippen LogP contribution in [0.5, 0.6) is 5.75 Å². The molecule has 0 spiro atoms. The normalized spacial score (nSPS) is 16.9. The number of allylic oxidation sites excluding steroid dienone is 4. The van der Waals surface area contributed by atoms with Crippen LogP contribution in [-0.2, 0) is 4.74 Å². The monoisotopic (exact) mass is 315 g/mol. The van der Waals surface area contributed by atoms with Crippen molar-refractivity contribution in [2.75, 3.05) is 0 Å². The third-order valence-electron chi connectivity index (χ3n) is 3.43. The van der Waals surface area contributed by atoms with E-state index in [4.69, 9.17) is 16.3 Å². The van der Waals surface area contributed by atoms with Crippen LogP contribution in [0.25, 0.3) is 0 Å². The molecule has 1 aliphatic heterocycles. The van der Waals surface area contributed by atoms with E-state index in [1.165, 1.54) is 29.4 Å². The van der Waals surface area contributed by atoms with Crippen LogP contribution >= 0.6 is 11.6 Å². The summed E-state index contributed by atoms with van der Waals surface area (Å²) >= 11 is 5.85. The minimum Gasteiger partial charge on any atom is -0.506 e. The van der Waals surface area contributed by atoms with Gasteiger partial charge in [-0.05, 0) is 36.6 Å². The number of carbonyl (C=O) groups is 1. The van der Waals surface area contributed by atoms with Crippen molar-refractivity contribution in [3.05, 3.63) is 77.0 Å². The number of nitrogens with zero attached hydrogens (tertiary/aromatic N) is 1. The Kier molecular flexibility index (Phi) is 4.02. The van der Waals surface area contributed by atoms with Gasteiger partial charge < -0.3 is 9.84 Å². The highest BCUT2D eigenvalue weighted by molar-refractivity contribution is 6.32. The molecule has 4 nitrogen and oxygen atoms in total. The smallest absolute Gasteiger partial charge is 0.262 e. The zero-order valence-corrected chi connectivity index (χ0v) is 12.5. The largest absolute Gasteiger partial charge is 0.506 e. The zero-order chi connectivity index (χ0) is 15.5. The SMILES string of the molecule is O=C(c1ccc(O)c(Cl)c1)N1C=COC(C2=CC=CCC2)=C1. The van der Waals surface area contributed by atoms with Crippen LogP contribution < -0.4 is 0 Å². The van der Waals surface area contributed by atoms with Gasteiger partial charge >= 0.3 is 0 Å². The number of hydrogen-bond acceptors (Lipinski definition) is 3. The van der Waals surface area contributed by atoms with Crippen molar-refractivity contribution in [1.29, 1.82) is 0 Å². The zero-order valence-electron chi connectivity index (χ0n) is 11.7. The fraction of sp³-hybridized carbons (Fsp3) is 0.118. The highest BCUT2D eigenvalue weighted by Crippen LogP contribution is 2.27. The summed E-state index contributed by atoms with van der Waals surface area (Å²) < 4.78 is 5.49. The van der Waals surface area contributed by atoms with Gasteiger partial charge in [0.2, 0.25) is 0 Å². The van der Waals surface area contributed by atoms with Gasteiger partial charge in [0.15, 0.2) is 0 Å². The highest BCUT2D eigenvalue weighted by Gasteiger charge is 2.19. The molecule has 0 atom stereocenters. The Morgan fingerprint density at radius 1 is 1.36 bits per heavy atom. The van der Waals surface area contributed by atoms with Crippen LogP contribution in [0.4, 0.5) is 0 Å². The predicted molar refractivity (Wildman–Crippen MR) is 84.1 cm³/mol. The van der Waals surface area contributed by atoms with Gasteiger partial charge in [0, 0.05) is 11.8 Å². The summed E-state index contributed by atoms with van der Waals surface area (Å²) in [6.45, 7) is 0. The Balaban J connectivity index is 1.85. The Labute approximate surface area is 133 Å². The molecule has 22 heavy (non-hydrogen) atoms. The van der Waals surface area contributed by atoms with E-state index in [0.29, 0.717) is 11.3 Å². The van der Waals surface area contributed by atoms with Crippen LogP contribution in [0.1, 0.15) is 23.2 Å². The second-order valence-corrected chi connectivity index (χ2v) is 5.34. The molecule has 1 aromatic rings. The van der Waals surface area contributed by atoms with E-state index in [-0.39, 0.29) is 16.7 Å². The second-order valence-electron chi connectivity index (χ2n) is 4.93. The molecule has 1 aliphatic carbocycles. The number of phenols is 1. The quantitative estimate of drug-likeness (QED) is 0.893. The number of ether oxygens (including phenoxy) is 1. The number of aromatic hydroxyl groups is 1. The highest BCUT2D eigenvalue weighted by atomic mass is 35.5. The predicted octanol–water partition coefficient (Wildman–Crippen LogP) is 4.11. The first kappa shape index (κ1) is 14.5. The van der Waals surface area contributed by atoms with Gasteiger partial charge in [-0.15, -0.1) is 0 Å². The first-order valence-electron chi connectivity index (χ1n) is 6.87. The summed E-state index contributed by atoms with van der Waals surface area (Å²) in [7, 11) is 0. The lowest BCUT2D eigenvalue weighted by atomic mass is 10.0. The van der Waals surface area contributed by atoms with Crippen LogP contribution in [-0.4, -0.2) is 15.9 Å². The Hall–Kier alpha value is -2.46. The van der Waals surface area contributed by atoms with Crippen molar-refractivity contribution in [1.82, 2.24) is 4.90 Å². The molecule has 1 heterocycles. The minimum atomic E-state index is -0.245. The summed E-state index contributed by atoms with van der Waals surface area (Å²) in [5, 5.41) is 9.58. The fourth-order valence-electron chi connectivity index (χ4n) is 2.25. The first-order chi connectivity index (χ1) is 10.6. The van der Waals surface area contributed by atoms with Gasteiger partial charge in [-0.25, -0.2) is 0 Å². The van der Waals surface area contributed by atoms with Crippen molar-refractivity contribution in [3.8, 4) is 5.75 Å². The number of amides is 1. The van der Waals surface area contributed by atoms with Gasteiger partial charge in [-0.2, -0.15) is 0 Å². The molecule has 0 aromatic heterocycles. The number of phenolic OH excluding ortho intramolecular Hbond substituents is 1. The van der Waals surface area contributed by atoms with E-state index in [9.17, 15) is 9.90 Å². The average molecular weight is 316 g/mol. The van der Waals surface area contributed by atoms with E-state index in [1.807, 2.05) is 12.2 Å². The molecule has 0 saturated heterocycles. The first-order valence-corrected chi connectivity index (χ1v) is 7.25. The van der Waals surface area contributed by atoms with E-state index in [2.05, 4.69) is 6.08 Å². The molecule has 1 amide bonds. The Morgan fingerprint density at radius 3 is 2.95 bits per heavy atom. The summed E-state index contributed by atoms with van der Waals surface area (Å²) in [4.78, 5) is 13.9. The van der Waals surface area contributed by atoms with E-state index >= 15 is 0 Å². The van der Waals surface area contributed by atoms with E-state index in [1.54, 1.807) is 12.4 Å². The molecule has 2 aliphatic rings. The maximum absolute atomic E-state index is 12.5.